The fraction of sp³-hybridized carbons (Fsp3) is 0.550. The summed E-state index contributed by atoms with van der Waals surface area (Å²) in [7, 11) is 0.512. The number of esters is 1. The van der Waals surface area contributed by atoms with Crippen LogP contribution in [0.15, 0.2) is 49.2 Å². The van der Waals surface area contributed by atoms with E-state index in [4.69, 9.17) is 0 Å². The summed E-state index contributed by atoms with van der Waals surface area (Å²) in [5.41, 5.74) is 2.33. The molecule has 0 fully saturated rings. The normalized spacial score (nSPS) is 8.52. The first-order chi connectivity index (χ1) is 9.70. The summed E-state index contributed by atoms with van der Waals surface area (Å²) in [6, 6.07) is 0. The van der Waals surface area contributed by atoms with Crippen molar-refractivity contribution in [2.24, 2.45) is 0 Å². The maximum Gasteiger partial charge on any atom is 0.330 e. The van der Waals surface area contributed by atoms with Crippen LogP contribution >= 0.6 is 0 Å². The van der Waals surface area contributed by atoms with Gasteiger partial charge in [-0.2, -0.15) is 0 Å². The fourth-order valence-electron chi connectivity index (χ4n) is 0.704. The van der Waals surface area contributed by atoms with Crippen molar-refractivity contribution < 1.29 is 9.53 Å². The molecule has 3 heteroatoms. The molecule has 0 unspecified atom stereocenters. The largest absolute Gasteiger partial charge is 0.466 e. The van der Waals surface area contributed by atoms with E-state index in [9.17, 15) is 4.79 Å². The highest BCUT2D eigenvalue weighted by atomic mass is 28.3. The van der Waals surface area contributed by atoms with Crippen molar-refractivity contribution in [3.05, 3.63) is 49.2 Å². The lowest BCUT2D eigenvalue weighted by molar-refractivity contribution is -0.134. The van der Waals surface area contributed by atoms with Gasteiger partial charge in [0.2, 0.25) is 0 Å². The minimum Gasteiger partial charge on any atom is -0.466 e. The van der Waals surface area contributed by atoms with Crippen LogP contribution in [0.2, 0.25) is 19.6 Å². The summed E-state index contributed by atoms with van der Waals surface area (Å²) >= 11 is 0. The van der Waals surface area contributed by atoms with Crippen LogP contribution in [0.3, 0.4) is 0 Å². The molecule has 0 saturated carbocycles. The molecular formula is C20H44O2Si. The molecule has 0 aromatic rings. The molecule has 2 nitrogen and oxygen atoms in total. The minimum atomic E-state index is -0.838. The molecule has 0 aromatic carbocycles. The Kier molecular flexibility index (Phi) is 53.3. The molecule has 0 heterocycles. The van der Waals surface area contributed by atoms with Gasteiger partial charge in [-0.25, -0.2) is 4.79 Å². The van der Waals surface area contributed by atoms with Gasteiger partial charge in [0.15, 0.2) is 0 Å². The molecule has 0 atom stereocenters. The Labute approximate surface area is 149 Å². The van der Waals surface area contributed by atoms with E-state index in [2.05, 4.69) is 63.2 Å². The van der Waals surface area contributed by atoms with Gasteiger partial charge in [0, 0.05) is 6.08 Å². The number of carbonyl (C=O) groups is 1. The van der Waals surface area contributed by atoms with Gasteiger partial charge in [-0.15, -0.1) is 13.2 Å². The van der Waals surface area contributed by atoms with E-state index in [1.165, 1.54) is 13.2 Å². The lowest BCUT2D eigenvalue weighted by Gasteiger charge is -2.06. The number of carbonyl (C=O) groups excluding carboxylic acids is 1. The Bertz CT molecular complexity index is 285. The molecule has 23 heavy (non-hydrogen) atoms. The molecule has 140 valence electrons. The maximum absolute atomic E-state index is 10.1. The van der Waals surface area contributed by atoms with E-state index in [-0.39, 0.29) is 20.8 Å². The Balaban J connectivity index is -0.0000000428. The first-order valence-electron chi connectivity index (χ1n) is 7.22. The Morgan fingerprint density at radius 3 is 1.43 bits per heavy atom. The van der Waals surface area contributed by atoms with Crippen molar-refractivity contribution in [3.8, 4) is 0 Å². The number of ether oxygens (including phenoxy) is 1. The highest BCUT2D eigenvalue weighted by molar-refractivity contribution is 6.80. The van der Waals surface area contributed by atoms with Crippen LogP contribution in [-0.4, -0.2) is 21.2 Å². The molecule has 0 bridgehead atoms. The van der Waals surface area contributed by atoms with Crippen LogP contribution in [0.25, 0.3) is 0 Å². The van der Waals surface area contributed by atoms with Gasteiger partial charge in [-0.05, 0) is 27.2 Å². The van der Waals surface area contributed by atoms with Crippen LogP contribution in [-0.2, 0) is 9.53 Å². The zero-order chi connectivity index (χ0) is 17.7. The minimum absolute atomic E-state index is 0. The van der Waals surface area contributed by atoms with Crippen LogP contribution in [0, 0.1) is 0 Å². The average molecular weight is 345 g/mol. The summed E-state index contributed by atoms with van der Waals surface area (Å²) in [4.78, 5) is 10.1. The van der Waals surface area contributed by atoms with Crippen molar-refractivity contribution in [1.82, 2.24) is 0 Å². The molecule has 0 radical (unpaired) electrons. The Morgan fingerprint density at radius 2 is 1.39 bits per heavy atom. The first-order valence-corrected chi connectivity index (χ1v) is 10.8. The van der Waals surface area contributed by atoms with E-state index in [0.717, 1.165) is 6.42 Å². The molecule has 0 saturated heterocycles. The van der Waals surface area contributed by atoms with Crippen LogP contribution < -0.4 is 0 Å². The standard InChI is InChI=1S/C6H14Si.C5H8O2.C4H8.C3H6.2CH4/c1-5-6-7(2,3)4;1-3-4-5(6)7-2;1-3-4-2;1-3-2;;/h5-6H,1-4H3;3-4H,1-2H3;3H,1,4H2,2H3;3H,1H2,2H3;2*1H4. The van der Waals surface area contributed by atoms with Crippen molar-refractivity contribution in [2.45, 2.75) is 68.6 Å². The van der Waals surface area contributed by atoms with Crippen LogP contribution in [0.1, 0.15) is 49.0 Å². The van der Waals surface area contributed by atoms with E-state index >= 15 is 0 Å². The van der Waals surface area contributed by atoms with E-state index in [1.807, 2.05) is 13.0 Å². The van der Waals surface area contributed by atoms with E-state index in [0.29, 0.717) is 0 Å². The molecule has 0 N–H and O–H groups in total. The molecule has 0 aliphatic heterocycles. The van der Waals surface area contributed by atoms with E-state index in [1.54, 1.807) is 19.1 Å². The molecule has 0 aliphatic rings. The lowest BCUT2D eigenvalue weighted by Crippen LogP contribution is -2.14. The van der Waals surface area contributed by atoms with Gasteiger partial charge in [0.05, 0.1) is 15.2 Å². The zero-order valence-electron chi connectivity index (χ0n) is 15.4. The first kappa shape index (κ1) is 37.7. The van der Waals surface area contributed by atoms with Gasteiger partial charge in [0.25, 0.3) is 0 Å². The number of methoxy groups -OCH3 is 1. The lowest BCUT2D eigenvalue weighted by atomic mass is 10.5. The smallest absolute Gasteiger partial charge is 0.330 e. The second-order valence-electron chi connectivity index (χ2n) is 4.99. The Morgan fingerprint density at radius 1 is 1.04 bits per heavy atom. The molecule has 0 rings (SSSR count). The third-order valence-corrected chi connectivity index (χ3v) is 2.79. The summed E-state index contributed by atoms with van der Waals surface area (Å²) in [6.45, 7) is 21.6. The van der Waals surface area contributed by atoms with Gasteiger partial charge < -0.3 is 4.74 Å². The third kappa shape index (κ3) is 96.0. The van der Waals surface area contributed by atoms with Crippen molar-refractivity contribution in [3.63, 3.8) is 0 Å². The predicted octanol–water partition coefficient (Wildman–Crippen LogP) is 7.22. The van der Waals surface area contributed by atoms with Crippen LogP contribution in [0.4, 0.5) is 0 Å². The number of allylic oxidation sites excluding steroid dienone is 4. The Hall–Kier alpha value is -1.35. The summed E-state index contributed by atoms with van der Waals surface area (Å²) in [5, 5.41) is 0. The second kappa shape index (κ2) is 32.6. The average Bonchev–Trinajstić information content (AvgIpc) is 2.39. The second-order valence-corrected chi connectivity index (χ2v) is 10.1. The molecule has 0 amide bonds. The predicted molar refractivity (Wildman–Crippen MR) is 115 cm³/mol. The zero-order valence-corrected chi connectivity index (χ0v) is 16.4. The number of hydrogen-bond acceptors (Lipinski definition) is 2. The summed E-state index contributed by atoms with van der Waals surface area (Å²) in [6.07, 6.45) is 9.85. The number of hydrogen-bond donors (Lipinski definition) is 0. The van der Waals surface area contributed by atoms with Crippen molar-refractivity contribution in [1.29, 1.82) is 0 Å². The fourth-order valence-corrected chi connectivity index (χ4v) is 1.70. The summed E-state index contributed by atoms with van der Waals surface area (Å²) < 4.78 is 4.26. The van der Waals surface area contributed by atoms with Gasteiger partial charge >= 0.3 is 5.97 Å². The highest BCUT2D eigenvalue weighted by Crippen LogP contribution is 2.00. The maximum atomic E-state index is 10.1. The highest BCUT2D eigenvalue weighted by Gasteiger charge is 2.04. The third-order valence-electron chi connectivity index (χ3n) is 1.46. The summed E-state index contributed by atoms with van der Waals surface area (Å²) in [5.74, 6) is -0.303. The van der Waals surface area contributed by atoms with Gasteiger partial charge in [0.1, 0.15) is 0 Å². The van der Waals surface area contributed by atoms with Gasteiger partial charge in [-0.1, -0.05) is 71.4 Å². The quantitative estimate of drug-likeness (QED) is 0.234. The monoisotopic (exact) mass is 344 g/mol. The topological polar surface area (TPSA) is 26.3 Å². The SMILES string of the molecule is C.C.C=CC.C=CCC.CC=CC(=O)OC.CC=C[Si](C)(C)C. The molecule has 0 spiro atoms. The van der Waals surface area contributed by atoms with Crippen molar-refractivity contribution in [2.75, 3.05) is 7.11 Å². The molecule has 0 aliphatic carbocycles. The van der Waals surface area contributed by atoms with Crippen molar-refractivity contribution >= 4 is 14.0 Å². The number of rotatable bonds is 3. The van der Waals surface area contributed by atoms with E-state index < -0.39 is 8.07 Å². The van der Waals surface area contributed by atoms with Crippen LogP contribution in [0.5, 0.6) is 0 Å². The molecule has 0 aromatic heterocycles. The molecular weight excluding hydrogens is 300 g/mol. The van der Waals surface area contributed by atoms with Gasteiger partial charge in [-0.3, -0.25) is 0 Å².